The largest absolute Gasteiger partial charge is 0.352 e. The molecule has 27 heavy (non-hydrogen) atoms. The predicted molar refractivity (Wildman–Crippen MR) is 102 cm³/mol. The number of benzene rings is 2. The maximum absolute atomic E-state index is 13.2. The summed E-state index contributed by atoms with van der Waals surface area (Å²) < 4.78 is 1.66. The molecule has 0 spiro atoms. The molecular weight excluding hydrogens is 340 g/mol. The number of hydrogen-bond acceptors (Lipinski definition) is 3. The minimum absolute atomic E-state index is 0.00847. The summed E-state index contributed by atoms with van der Waals surface area (Å²) in [5.41, 5.74) is 1.77. The van der Waals surface area contributed by atoms with Crippen LogP contribution >= 0.6 is 0 Å². The fourth-order valence-corrected chi connectivity index (χ4v) is 3.72. The third kappa shape index (κ3) is 3.69. The molecule has 2 N–H and O–H groups in total. The van der Waals surface area contributed by atoms with Crippen LogP contribution in [0.5, 0.6) is 0 Å². The average molecular weight is 362 g/mol. The van der Waals surface area contributed by atoms with E-state index < -0.39 is 0 Å². The van der Waals surface area contributed by atoms with Crippen molar-refractivity contribution in [1.29, 1.82) is 0 Å². The van der Waals surface area contributed by atoms with E-state index in [0.29, 0.717) is 19.4 Å². The lowest BCUT2D eigenvalue weighted by Crippen LogP contribution is -2.39. The van der Waals surface area contributed by atoms with Crippen molar-refractivity contribution in [2.24, 2.45) is 0 Å². The van der Waals surface area contributed by atoms with Crippen LogP contribution in [-0.2, 0) is 17.8 Å². The fraction of sp³-hybridized carbons (Fsp3) is 0.286. The Labute approximate surface area is 157 Å². The molecule has 0 saturated heterocycles. The molecule has 0 fully saturated rings. The fourth-order valence-electron chi connectivity index (χ4n) is 3.72. The summed E-state index contributed by atoms with van der Waals surface area (Å²) >= 11 is 0. The molecule has 1 aromatic heterocycles. The van der Waals surface area contributed by atoms with E-state index >= 15 is 0 Å². The zero-order chi connectivity index (χ0) is 18.6. The van der Waals surface area contributed by atoms with Gasteiger partial charge in [0, 0.05) is 19.0 Å². The highest BCUT2D eigenvalue weighted by Crippen LogP contribution is 2.25. The average Bonchev–Trinajstić information content (AvgIpc) is 2.92. The molecule has 1 atom stereocenters. The standard InChI is InChI=1S/C21H22N4O2/c26-20(22-17-11-12-18-23-24-21(27)25(18)14-13-17)19(15-7-3-1-4-8-15)16-9-5-2-6-10-16/h1-10,17,19H,11-14H2,(H,22,26)(H,24,27). The highest BCUT2D eigenvalue weighted by Gasteiger charge is 2.26. The van der Waals surface area contributed by atoms with Gasteiger partial charge in [0.1, 0.15) is 5.82 Å². The van der Waals surface area contributed by atoms with Gasteiger partial charge in [-0.05, 0) is 24.0 Å². The van der Waals surface area contributed by atoms with E-state index in [9.17, 15) is 9.59 Å². The Morgan fingerprint density at radius 2 is 1.67 bits per heavy atom. The molecule has 138 valence electrons. The van der Waals surface area contributed by atoms with E-state index in [4.69, 9.17) is 0 Å². The van der Waals surface area contributed by atoms with Gasteiger partial charge in [-0.2, -0.15) is 5.10 Å². The lowest BCUT2D eigenvalue weighted by molar-refractivity contribution is -0.122. The van der Waals surface area contributed by atoms with Gasteiger partial charge in [0.15, 0.2) is 0 Å². The molecule has 4 rings (SSSR count). The molecule has 0 radical (unpaired) electrons. The van der Waals surface area contributed by atoms with Crippen LogP contribution in [0.15, 0.2) is 65.5 Å². The summed E-state index contributed by atoms with van der Waals surface area (Å²) in [6, 6.07) is 19.7. The van der Waals surface area contributed by atoms with Crippen LogP contribution in [0, 0.1) is 0 Å². The molecule has 1 aliphatic rings. The van der Waals surface area contributed by atoms with Gasteiger partial charge < -0.3 is 5.32 Å². The minimum Gasteiger partial charge on any atom is -0.352 e. The molecule has 0 aliphatic carbocycles. The van der Waals surface area contributed by atoms with E-state index in [-0.39, 0.29) is 23.6 Å². The van der Waals surface area contributed by atoms with Crippen LogP contribution in [-0.4, -0.2) is 26.7 Å². The number of aromatic nitrogens is 3. The van der Waals surface area contributed by atoms with Crippen molar-refractivity contribution >= 4 is 5.91 Å². The van der Waals surface area contributed by atoms with Crippen molar-refractivity contribution in [2.45, 2.75) is 37.8 Å². The van der Waals surface area contributed by atoms with Crippen molar-refractivity contribution in [3.05, 3.63) is 88.1 Å². The van der Waals surface area contributed by atoms with Crippen LogP contribution in [0.1, 0.15) is 35.7 Å². The number of nitrogens with one attached hydrogen (secondary N) is 2. The molecule has 0 bridgehead atoms. The third-order valence-corrected chi connectivity index (χ3v) is 5.13. The Morgan fingerprint density at radius 1 is 1.04 bits per heavy atom. The van der Waals surface area contributed by atoms with E-state index in [1.54, 1.807) is 4.57 Å². The second-order valence-corrected chi connectivity index (χ2v) is 6.88. The molecule has 2 heterocycles. The number of carbonyl (C=O) groups is 1. The van der Waals surface area contributed by atoms with Gasteiger partial charge in [-0.25, -0.2) is 9.89 Å². The molecule has 6 nitrogen and oxygen atoms in total. The van der Waals surface area contributed by atoms with Crippen molar-refractivity contribution in [2.75, 3.05) is 0 Å². The predicted octanol–water partition coefficient (Wildman–Crippen LogP) is 2.22. The van der Waals surface area contributed by atoms with Gasteiger partial charge >= 0.3 is 5.69 Å². The third-order valence-electron chi connectivity index (χ3n) is 5.13. The summed E-state index contributed by atoms with van der Waals surface area (Å²) in [7, 11) is 0. The molecule has 3 aromatic rings. The topological polar surface area (TPSA) is 79.8 Å². The van der Waals surface area contributed by atoms with Crippen molar-refractivity contribution < 1.29 is 4.79 Å². The number of nitrogens with zero attached hydrogens (tertiary/aromatic N) is 2. The molecule has 0 saturated carbocycles. The highest BCUT2D eigenvalue weighted by atomic mass is 16.2. The number of H-pyrrole nitrogens is 1. The normalized spacial score (nSPS) is 16.6. The van der Waals surface area contributed by atoms with Crippen LogP contribution in [0.25, 0.3) is 0 Å². The van der Waals surface area contributed by atoms with Crippen LogP contribution in [0.2, 0.25) is 0 Å². The Morgan fingerprint density at radius 3 is 2.30 bits per heavy atom. The van der Waals surface area contributed by atoms with Gasteiger partial charge in [0.05, 0.1) is 5.92 Å². The van der Waals surface area contributed by atoms with Crippen LogP contribution in [0.4, 0.5) is 0 Å². The highest BCUT2D eigenvalue weighted by molar-refractivity contribution is 5.87. The molecule has 1 unspecified atom stereocenters. The van der Waals surface area contributed by atoms with Gasteiger partial charge in [0.2, 0.25) is 5.91 Å². The second-order valence-electron chi connectivity index (χ2n) is 6.88. The summed E-state index contributed by atoms with van der Waals surface area (Å²) in [6.07, 6.45) is 2.16. The molecule has 2 aromatic carbocycles. The maximum atomic E-state index is 13.2. The van der Waals surface area contributed by atoms with Gasteiger partial charge in [-0.15, -0.1) is 0 Å². The first-order valence-corrected chi connectivity index (χ1v) is 9.27. The van der Waals surface area contributed by atoms with Gasteiger partial charge in [-0.3, -0.25) is 9.36 Å². The Bertz CT molecular complexity index is 923. The number of fused-ring (bicyclic) bond motifs is 1. The zero-order valence-corrected chi connectivity index (χ0v) is 15.0. The maximum Gasteiger partial charge on any atom is 0.343 e. The van der Waals surface area contributed by atoms with Crippen molar-refractivity contribution in [1.82, 2.24) is 20.1 Å². The summed E-state index contributed by atoms with van der Waals surface area (Å²) in [6.45, 7) is 0.566. The number of aryl methyl sites for hydroxylation is 1. The van der Waals surface area contributed by atoms with Gasteiger partial charge in [0.25, 0.3) is 0 Å². The monoisotopic (exact) mass is 362 g/mol. The van der Waals surface area contributed by atoms with Crippen LogP contribution < -0.4 is 11.0 Å². The smallest absolute Gasteiger partial charge is 0.343 e. The number of amides is 1. The first-order valence-electron chi connectivity index (χ1n) is 9.27. The Kier molecular flexibility index (Phi) is 4.87. The Balaban J connectivity index is 1.53. The van der Waals surface area contributed by atoms with E-state index in [2.05, 4.69) is 15.5 Å². The first-order chi connectivity index (χ1) is 13.2. The SMILES string of the molecule is O=C(NC1CCc2n[nH]c(=O)n2CC1)C(c1ccccc1)c1ccccc1. The van der Waals surface area contributed by atoms with Crippen molar-refractivity contribution in [3.8, 4) is 0 Å². The minimum atomic E-state index is -0.351. The van der Waals surface area contributed by atoms with E-state index in [1.165, 1.54) is 0 Å². The zero-order valence-electron chi connectivity index (χ0n) is 15.0. The summed E-state index contributed by atoms with van der Waals surface area (Å²) in [5, 5.41) is 9.77. The molecule has 6 heteroatoms. The number of carbonyl (C=O) groups excluding carboxylic acids is 1. The first kappa shape index (κ1) is 17.3. The number of aromatic amines is 1. The number of rotatable bonds is 4. The number of hydrogen-bond donors (Lipinski definition) is 2. The van der Waals surface area contributed by atoms with E-state index in [0.717, 1.165) is 23.4 Å². The lowest BCUT2D eigenvalue weighted by Gasteiger charge is -2.22. The molecular formula is C21H22N4O2. The van der Waals surface area contributed by atoms with Crippen molar-refractivity contribution in [3.63, 3.8) is 0 Å². The van der Waals surface area contributed by atoms with Gasteiger partial charge in [-0.1, -0.05) is 60.7 Å². The quantitative estimate of drug-likeness (QED) is 0.747. The molecule has 1 amide bonds. The summed E-state index contributed by atoms with van der Waals surface area (Å²) in [4.78, 5) is 25.0. The lowest BCUT2D eigenvalue weighted by atomic mass is 9.90. The Hall–Kier alpha value is -3.15. The summed E-state index contributed by atoms with van der Waals surface area (Å²) in [5.74, 6) is 0.404. The second kappa shape index (κ2) is 7.61. The van der Waals surface area contributed by atoms with Crippen LogP contribution in [0.3, 0.4) is 0 Å². The molecule has 1 aliphatic heterocycles. The van der Waals surface area contributed by atoms with E-state index in [1.807, 2.05) is 60.7 Å².